The first-order valence-electron chi connectivity index (χ1n) is 6.73. The lowest BCUT2D eigenvalue weighted by Gasteiger charge is -1.99. The maximum Gasteiger partial charge on any atom is 0.337 e. The van der Waals surface area contributed by atoms with Crippen LogP contribution < -0.4 is 0 Å². The Morgan fingerprint density at radius 2 is 2.05 bits per heavy atom. The molecule has 0 N–H and O–H groups in total. The van der Waals surface area contributed by atoms with E-state index in [1.54, 1.807) is 24.3 Å². The Kier molecular flexibility index (Phi) is 3.65. The molecule has 1 aromatic carbocycles. The van der Waals surface area contributed by atoms with Crippen molar-refractivity contribution in [2.24, 2.45) is 10.2 Å². The predicted octanol–water partition coefficient (Wildman–Crippen LogP) is 3.84. The SMILES string of the molecule is COC(=O)c1cccc(N=Nc2c(C)nc3ccccn23)c1. The number of carbonyl (C=O) groups excluding carboxylic acids is 1. The maximum atomic E-state index is 11.5. The molecule has 0 spiro atoms. The number of nitrogens with zero attached hydrogens (tertiary/aromatic N) is 4. The highest BCUT2D eigenvalue weighted by Gasteiger charge is 2.08. The summed E-state index contributed by atoms with van der Waals surface area (Å²) in [6, 6.07) is 12.5. The average molecular weight is 294 g/mol. The third kappa shape index (κ3) is 2.58. The lowest BCUT2D eigenvalue weighted by atomic mass is 10.2. The number of aromatic nitrogens is 2. The fourth-order valence-electron chi connectivity index (χ4n) is 2.14. The fraction of sp³-hybridized carbons (Fsp3) is 0.125. The zero-order valence-corrected chi connectivity index (χ0v) is 12.2. The van der Waals surface area contributed by atoms with Gasteiger partial charge in [0.25, 0.3) is 0 Å². The van der Waals surface area contributed by atoms with Crippen molar-refractivity contribution < 1.29 is 9.53 Å². The summed E-state index contributed by atoms with van der Waals surface area (Å²) in [5.74, 6) is 0.266. The molecule has 3 rings (SSSR count). The molecule has 0 atom stereocenters. The van der Waals surface area contributed by atoms with Gasteiger partial charge in [0.15, 0.2) is 5.82 Å². The molecule has 0 aliphatic heterocycles. The van der Waals surface area contributed by atoms with E-state index in [0.717, 1.165) is 11.3 Å². The van der Waals surface area contributed by atoms with Crippen molar-refractivity contribution in [2.75, 3.05) is 7.11 Å². The minimum atomic E-state index is -0.400. The normalized spacial score (nSPS) is 11.2. The Hall–Kier alpha value is -3.02. The number of methoxy groups -OCH3 is 1. The Morgan fingerprint density at radius 3 is 2.86 bits per heavy atom. The summed E-state index contributed by atoms with van der Waals surface area (Å²) in [4.78, 5) is 15.9. The van der Waals surface area contributed by atoms with E-state index in [0.29, 0.717) is 17.1 Å². The van der Waals surface area contributed by atoms with Crippen LogP contribution in [0.4, 0.5) is 11.5 Å². The number of esters is 1. The summed E-state index contributed by atoms with van der Waals surface area (Å²) < 4.78 is 6.56. The van der Waals surface area contributed by atoms with Crippen LogP contribution in [0.15, 0.2) is 58.9 Å². The minimum Gasteiger partial charge on any atom is -0.465 e. The second-order valence-corrected chi connectivity index (χ2v) is 4.69. The predicted molar refractivity (Wildman–Crippen MR) is 81.9 cm³/mol. The highest BCUT2D eigenvalue weighted by atomic mass is 16.5. The van der Waals surface area contributed by atoms with Crippen molar-refractivity contribution in [1.29, 1.82) is 0 Å². The molecule has 22 heavy (non-hydrogen) atoms. The van der Waals surface area contributed by atoms with Gasteiger partial charge in [-0.3, -0.25) is 4.40 Å². The number of hydrogen-bond acceptors (Lipinski definition) is 5. The zero-order chi connectivity index (χ0) is 15.5. The van der Waals surface area contributed by atoms with Crippen LogP contribution in [0.2, 0.25) is 0 Å². The van der Waals surface area contributed by atoms with Crippen molar-refractivity contribution in [1.82, 2.24) is 9.38 Å². The second kappa shape index (κ2) is 5.77. The Balaban J connectivity index is 1.96. The summed E-state index contributed by atoms with van der Waals surface area (Å²) in [6.45, 7) is 1.88. The average Bonchev–Trinajstić information content (AvgIpc) is 2.87. The van der Waals surface area contributed by atoms with Gasteiger partial charge in [0.1, 0.15) is 5.65 Å². The molecule has 0 amide bonds. The molecular weight excluding hydrogens is 280 g/mol. The first-order valence-corrected chi connectivity index (χ1v) is 6.73. The largest absolute Gasteiger partial charge is 0.465 e. The van der Waals surface area contributed by atoms with Crippen molar-refractivity contribution in [3.8, 4) is 0 Å². The van der Waals surface area contributed by atoms with Crippen LogP contribution >= 0.6 is 0 Å². The maximum absolute atomic E-state index is 11.5. The molecule has 0 fully saturated rings. The van der Waals surface area contributed by atoms with Gasteiger partial charge in [-0.25, -0.2) is 9.78 Å². The molecule has 3 aromatic rings. The molecule has 0 unspecified atom stereocenters. The highest BCUT2D eigenvalue weighted by molar-refractivity contribution is 5.90. The summed E-state index contributed by atoms with van der Waals surface area (Å²) >= 11 is 0. The van der Waals surface area contributed by atoms with Crippen LogP contribution in [0.25, 0.3) is 5.65 Å². The lowest BCUT2D eigenvalue weighted by Crippen LogP contribution is -1.99. The van der Waals surface area contributed by atoms with Gasteiger partial charge in [0.2, 0.25) is 0 Å². The van der Waals surface area contributed by atoms with Crippen molar-refractivity contribution >= 4 is 23.1 Å². The number of rotatable bonds is 3. The topological polar surface area (TPSA) is 68.3 Å². The number of carbonyl (C=O) groups is 1. The summed E-state index contributed by atoms with van der Waals surface area (Å²) in [5, 5.41) is 8.46. The number of aryl methyl sites for hydroxylation is 1. The molecule has 0 saturated heterocycles. The van der Waals surface area contributed by atoms with Gasteiger partial charge in [0, 0.05) is 6.20 Å². The van der Waals surface area contributed by atoms with Crippen LogP contribution in [0.5, 0.6) is 0 Å². The lowest BCUT2D eigenvalue weighted by molar-refractivity contribution is 0.0601. The fourth-order valence-corrected chi connectivity index (χ4v) is 2.14. The molecule has 6 heteroatoms. The van der Waals surface area contributed by atoms with Crippen LogP contribution in [0, 0.1) is 6.92 Å². The van der Waals surface area contributed by atoms with Gasteiger partial charge in [-0.05, 0) is 37.3 Å². The summed E-state index contributed by atoms with van der Waals surface area (Å²) in [7, 11) is 1.35. The number of pyridine rings is 1. The molecule has 0 radical (unpaired) electrons. The molecular formula is C16H14N4O2. The van der Waals surface area contributed by atoms with E-state index in [1.807, 2.05) is 35.7 Å². The van der Waals surface area contributed by atoms with Crippen molar-refractivity contribution in [3.63, 3.8) is 0 Å². The van der Waals surface area contributed by atoms with Crippen molar-refractivity contribution in [3.05, 3.63) is 59.9 Å². The standard InChI is InChI=1S/C16H14N4O2/c1-11-15(20-9-4-3-8-14(20)17-11)19-18-13-7-5-6-12(10-13)16(21)22-2/h3-10H,1-2H3. The first kappa shape index (κ1) is 13.9. The van der Waals surface area contributed by atoms with Crippen LogP contribution in [-0.4, -0.2) is 22.5 Å². The highest BCUT2D eigenvalue weighted by Crippen LogP contribution is 2.23. The second-order valence-electron chi connectivity index (χ2n) is 4.69. The van der Waals surface area contributed by atoms with Gasteiger partial charge in [-0.1, -0.05) is 12.1 Å². The number of azo groups is 1. The van der Waals surface area contributed by atoms with E-state index in [2.05, 4.69) is 15.2 Å². The molecule has 0 saturated carbocycles. The minimum absolute atomic E-state index is 0.400. The van der Waals surface area contributed by atoms with E-state index < -0.39 is 5.97 Å². The van der Waals surface area contributed by atoms with Gasteiger partial charge in [-0.2, -0.15) is 0 Å². The van der Waals surface area contributed by atoms with Gasteiger partial charge < -0.3 is 4.74 Å². The molecule has 2 heterocycles. The van der Waals surface area contributed by atoms with E-state index >= 15 is 0 Å². The molecule has 110 valence electrons. The molecule has 0 aliphatic carbocycles. The smallest absolute Gasteiger partial charge is 0.337 e. The number of imidazole rings is 1. The Bertz CT molecular complexity index is 867. The quantitative estimate of drug-likeness (QED) is 0.544. The first-order chi connectivity index (χ1) is 10.7. The van der Waals surface area contributed by atoms with E-state index in [-0.39, 0.29) is 0 Å². The molecule has 0 bridgehead atoms. The molecule has 0 aliphatic rings. The van der Waals surface area contributed by atoms with Crippen molar-refractivity contribution in [2.45, 2.75) is 6.92 Å². The number of fused-ring (bicyclic) bond motifs is 1. The monoisotopic (exact) mass is 294 g/mol. The van der Waals surface area contributed by atoms with E-state index in [1.165, 1.54) is 7.11 Å². The molecule has 6 nitrogen and oxygen atoms in total. The Morgan fingerprint density at radius 1 is 1.18 bits per heavy atom. The molecule has 2 aromatic heterocycles. The summed E-state index contributed by atoms with van der Waals surface area (Å²) in [6.07, 6.45) is 1.88. The third-order valence-corrected chi connectivity index (χ3v) is 3.20. The van der Waals surface area contributed by atoms with Gasteiger partial charge in [-0.15, -0.1) is 10.2 Å². The zero-order valence-electron chi connectivity index (χ0n) is 12.2. The van der Waals surface area contributed by atoms with Gasteiger partial charge in [0.05, 0.1) is 24.1 Å². The van der Waals surface area contributed by atoms with Crippen LogP contribution in [-0.2, 0) is 4.74 Å². The number of benzene rings is 1. The van der Waals surface area contributed by atoms with E-state index in [9.17, 15) is 4.79 Å². The van der Waals surface area contributed by atoms with Gasteiger partial charge >= 0.3 is 5.97 Å². The van der Waals surface area contributed by atoms with Crippen LogP contribution in [0.3, 0.4) is 0 Å². The van der Waals surface area contributed by atoms with Crippen LogP contribution in [0.1, 0.15) is 16.1 Å². The summed E-state index contributed by atoms with van der Waals surface area (Å²) in [5.41, 5.74) is 2.62. The van der Waals surface area contributed by atoms with E-state index in [4.69, 9.17) is 4.74 Å². The Labute approximate surface area is 127 Å². The number of hydrogen-bond donors (Lipinski definition) is 0. The third-order valence-electron chi connectivity index (χ3n) is 3.20. The number of ether oxygens (including phenoxy) is 1.